The van der Waals surface area contributed by atoms with Crippen molar-refractivity contribution in [2.75, 3.05) is 19.4 Å². The van der Waals surface area contributed by atoms with E-state index in [4.69, 9.17) is 4.74 Å². The van der Waals surface area contributed by atoms with E-state index in [9.17, 15) is 4.79 Å². The number of imidazole rings is 1. The second-order valence-electron chi connectivity index (χ2n) is 5.67. The number of carbonyl (C=O) groups excluding carboxylic acids is 1. The van der Waals surface area contributed by atoms with Crippen LogP contribution in [-0.4, -0.2) is 35.3 Å². The van der Waals surface area contributed by atoms with Crippen molar-refractivity contribution in [2.45, 2.75) is 11.6 Å². The first kappa shape index (κ1) is 18.1. The van der Waals surface area contributed by atoms with Crippen LogP contribution >= 0.6 is 11.8 Å². The molecule has 1 amide bonds. The van der Waals surface area contributed by atoms with E-state index in [0.717, 1.165) is 34.1 Å². The summed E-state index contributed by atoms with van der Waals surface area (Å²) in [5, 5.41) is 3.67. The zero-order chi connectivity index (χ0) is 18.2. The number of para-hydroxylation sites is 1. The first-order valence-corrected chi connectivity index (χ1v) is 9.36. The monoisotopic (exact) mass is 367 g/mol. The fourth-order valence-corrected chi connectivity index (χ4v) is 3.25. The number of aromatic nitrogens is 2. The van der Waals surface area contributed by atoms with Gasteiger partial charge < -0.3 is 15.0 Å². The minimum absolute atomic E-state index is 0.0115. The van der Waals surface area contributed by atoms with Crippen molar-refractivity contribution in [1.82, 2.24) is 15.3 Å². The second-order valence-corrected chi connectivity index (χ2v) is 6.63. The first-order chi connectivity index (χ1) is 12.8. The molecular weight excluding hydrogens is 346 g/mol. The minimum atomic E-state index is -0.0115. The second kappa shape index (κ2) is 9.10. The van der Waals surface area contributed by atoms with Crippen LogP contribution in [0.25, 0.3) is 11.3 Å². The van der Waals surface area contributed by atoms with Crippen LogP contribution in [0.1, 0.15) is 5.56 Å². The van der Waals surface area contributed by atoms with Crippen molar-refractivity contribution in [2.24, 2.45) is 0 Å². The largest absolute Gasteiger partial charge is 0.496 e. The molecule has 0 unspecified atom stereocenters. The van der Waals surface area contributed by atoms with Gasteiger partial charge in [-0.25, -0.2) is 4.98 Å². The molecule has 0 aliphatic heterocycles. The Balaban J connectivity index is 1.44. The standard InChI is InChI=1S/C20H21N3O2S/c1-25-18-10-6-5-9-16(18)11-12-21-19(24)14-26-20-22-13-17(23-20)15-7-3-2-4-8-15/h2-10,13H,11-12,14H2,1H3,(H,21,24)(H,22,23). The first-order valence-electron chi connectivity index (χ1n) is 8.38. The van der Waals surface area contributed by atoms with Crippen LogP contribution in [-0.2, 0) is 11.2 Å². The number of benzene rings is 2. The summed E-state index contributed by atoms with van der Waals surface area (Å²) < 4.78 is 5.32. The predicted molar refractivity (Wildman–Crippen MR) is 104 cm³/mol. The van der Waals surface area contributed by atoms with Crippen molar-refractivity contribution >= 4 is 17.7 Å². The van der Waals surface area contributed by atoms with Crippen LogP contribution in [0.3, 0.4) is 0 Å². The number of thioether (sulfide) groups is 1. The lowest BCUT2D eigenvalue weighted by molar-refractivity contribution is -0.118. The van der Waals surface area contributed by atoms with E-state index in [1.165, 1.54) is 11.8 Å². The van der Waals surface area contributed by atoms with Crippen molar-refractivity contribution in [3.8, 4) is 17.0 Å². The average molecular weight is 367 g/mol. The summed E-state index contributed by atoms with van der Waals surface area (Å²) >= 11 is 1.39. The number of carbonyl (C=O) groups is 1. The number of ether oxygens (including phenoxy) is 1. The third-order valence-electron chi connectivity index (χ3n) is 3.89. The quantitative estimate of drug-likeness (QED) is 0.598. The predicted octanol–water partition coefficient (Wildman–Crippen LogP) is 3.54. The molecule has 0 saturated carbocycles. The van der Waals surface area contributed by atoms with Gasteiger partial charge in [-0.3, -0.25) is 4.79 Å². The maximum absolute atomic E-state index is 12.0. The molecule has 0 spiro atoms. The van der Waals surface area contributed by atoms with Gasteiger partial charge in [0.1, 0.15) is 5.75 Å². The molecule has 6 heteroatoms. The number of H-pyrrole nitrogens is 1. The van der Waals surface area contributed by atoms with E-state index in [0.29, 0.717) is 12.3 Å². The number of hydrogen-bond acceptors (Lipinski definition) is 4. The highest BCUT2D eigenvalue weighted by atomic mass is 32.2. The Kier molecular flexibility index (Phi) is 6.33. The Morgan fingerprint density at radius 2 is 1.92 bits per heavy atom. The number of aromatic amines is 1. The molecule has 0 aliphatic carbocycles. The third-order valence-corrected chi connectivity index (χ3v) is 4.77. The minimum Gasteiger partial charge on any atom is -0.496 e. The zero-order valence-corrected chi connectivity index (χ0v) is 15.4. The van der Waals surface area contributed by atoms with Gasteiger partial charge in [-0.15, -0.1) is 0 Å². The molecule has 0 aliphatic rings. The molecule has 3 aromatic rings. The molecule has 0 fully saturated rings. The van der Waals surface area contributed by atoms with Crippen LogP contribution in [0.15, 0.2) is 66.0 Å². The van der Waals surface area contributed by atoms with Gasteiger partial charge in [0.15, 0.2) is 5.16 Å². The maximum Gasteiger partial charge on any atom is 0.230 e. The van der Waals surface area contributed by atoms with Crippen molar-refractivity contribution in [1.29, 1.82) is 0 Å². The summed E-state index contributed by atoms with van der Waals surface area (Å²) in [4.78, 5) is 19.6. The van der Waals surface area contributed by atoms with E-state index >= 15 is 0 Å². The molecule has 134 valence electrons. The molecule has 26 heavy (non-hydrogen) atoms. The lowest BCUT2D eigenvalue weighted by Gasteiger charge is -2.08. The number of rotatable bonds is 8. The van der Waals surface area contributed by atoms with Crippen molar-refractivity contribution in [3.05, 3.63) is 66.4 Å². The molecule has 0 radical (unpaired) electrons. The van der Waals surface area contributed by atoms with Gasteiger partial charge >= 0.3 is 0 Å². The summed E-state index contributed by atoms with van der Waals surface area (Å²) in [5.41, 5.74) is 3.11. The highest BCUT2D eigenvalue weighted by Crippen LogP contribution is 2.21. The Bertz CT molecular complexity index is 849. The van der Waals surface area contributed by atoms with E-state index in [1.807, 2.05) is 54.6 Å². The summed E-state index contributed by atoms with van der Waals surface area (Å²) in [6.45, 7) is 0.577. The fourth-order valence-electron chi connectivity index (χ4n) is 2.57. The lowest BCUT2D eigenvalue weighted by atomic mass is 10.1. The van der Waals surface area contributed by atoms with Gasteiger partial charge in [-0.05, 0) is 23.6 Å². The van der Waals surface area contributed by atoms with Gasteiger partial charge in [-0.1, -0.05) is 60.3 Å². The molecular formula is C20H21N3O2S. The molecule has 1 aromatic heterocycles. The Morgan fingerprint density at radius 1 is 1.15 bits per heavy atom. The van der Waals surface area contributed by atoms with Gasteiger partial charge in [0.05, 0.1) is 24.8 Å². The van der Waals surface area contributed by atoms with Gasteiger partial charge in [0, 0.05) is 6.54 Å². The maximum atomic E-state index is 12.0. The molecule has 0 atom stereocenters. The van der Waals surface area contributed by atoms with Gasteiger partial charge in [0.2, 0.25) is 5.91 Å². The molecule has 0 saturated heterocycles. The van der Waals surface area contributed by atoms with E-state index in [-0.39, 0.29) is 5.91 Å². The van der Waals surface area contributed by atoms with Crippen molar-refractivity contribution in [3.63, 3.8) is 0 Å². The number of hydrogen-bond donors (Lipinski definition) is 2. The molecule has 2 aromatic carbocycles. The van der Waals surface area contributed by atoms with Crippen LogP contribution in [0, 0.1) is 0 Å². The average Bonchev–Trinajstić information content (AvgIpc) is 3.16. The van der Waals surface area contributed by atoms with E-state index in [2.05, 4.69) is 15.3 Å². The van der Waals surface area contributed by atoms with Crippen LogP contribution in [0.4, 0.5) is 0 Å². The Hall–Kier alpha value is -2.73. The van der Waals surface area contributed by atoms with Gasteiger partial charge in [0.25, 0.3) is 0 Å². The third kappa shape index (κ3) is 4.89. The summed E-state index contributed by atoms with van der Waals surface area (Å²) in [6.07, 6.45) is 2.52. The molecule has 0 bridgehead atoms. The molecule has 5 nitrogen and oxygen atoms in total. The van der Waals surface area contributed by atoms with Crippen molar-refractivity contribution < 1.29 is 9.53 Å². The Morgan fingerprint density at radius 3 is 2.73 bits per heavy atom. The fraction of sp³-hybridized carbons (Fsp3) is 0.200. The molecule has 2 N–H and O–H groups in total. The normalized spacial score (nSPS) is 10.5. The number of nitrogens with one attached hydrogen (secondary N) is 2. The highest BCUT2D eigenvalue weighted by molar-refractivity contribution is 7.99. The van der Waals surface area contributed by atoms with Crippen LogP contribution < -0.4 is 10.1 Å². The summed E-state index contributed by atoms with van der Waals surface area (Å²) in [7, 11) is 1.65. The number of methoxy groups -OCH3 is 1. The van der Waals surface area contributed by atoms with Crippen LogP contribution in [0.5, 0.6) is 5.75 Å². The van der Waals surface area contributed by atoms with Gasteiger partial charge in [-0.2, -0.15) is 0 Å². The number of nitrogens with zero attached hydrogens (tertiary/aromatic N) is 1. The topological polar surface area (TPSA) is 67.0 Å². The Labute approximate surface area is 157 Å². The summed E-state index contributed by atoms with van der Waals surface area (Å²) in [5.74, 6) is 1.16. The molecule has 1 heterocycles. The highest BCUT2D eigenvalue weighted by Gasteiger charge is 2.08. The number of amides is 1. The zero-order valence-electron chi connectivity index (χ0n) is 14.6. The van der Waals surface area contributed by atoms with Crippen LogP contribution in [0.2, 0.25) is 0 Å². The van der Waals surface area contributed by atoms with E-state index in [1.54, 1.807) is 13.3 Å². The summed E-state index contributed by atoms with van der Waals surface area (Å²) in [6, 6.07) is 17.8. The van der Waals surface area contributed by atoms with E-state index < -0.39 is 0 Å². The lowest BCUT2D eigenvalue weighted by Crippen LogP contribution is -2.27. The molecule has 3 rings (SSSR count). The smallest absolute Gasteiger partial charge is 0.230 e. The SMILES string of the molecule is COc1ccccc1CCNC(=O)CSc1ncc(-c2ccccc2)[nH]1.